The van der Waals surface area contributed by atoms with Gasteiger partial charge in [-0.05, 0) is 43.5 Å². The van der Waals surface area contributed by atoms with E-state index in [1.165, 1.54) is 22.0 Å². The monoisotopic (exact) mass is 258 g/mol. The van der Waals surface area contributed by atoms with Crippen LogP contribution in [0.3, 0.4) is 0 Å². The lowest BCUT2D eigenvalue weighted by Gasteiger charge is -2.22. The molecular formula is C16H22N2O. The van der Waals surface area contributed by atoms with Crippen LogP contribution in [-0.2, 0) is 6.42 Å². The van der Waals surface area contributed by atoms with E-state index in [1.807, 2.05) is 0 Å². The molecule has 19 heavy (non-hydrogen) atoms. The Morgan fingerprint density at radius 2 is 2.21 bits per heavy atom. The molecule has 0 radical (unpaired) electrons. The number of nitrogens with one attached hydrogen (secondary N) is 1. The predicted octanol–water partition coefficient (Wildman–Crippen LogP) is 3.12. The van der Waals surface area contributed by atoms with Crippen molar-refractivity contribution in [3.8, 4) is 5.75 Å². The summed E-state index contributed by atoms with van der Waals surface area (Å²) in [5, 5.41) is 1.29. The van der Waals surface area contributed by atoms with E-state index in [-0.39, 0.29) is 0 Å². The predicted molar refractivity (Wildman–Crippen MR) is 79.0 cm³/mol. The Labute approximate surface area is 114 Å². The number of rotatable bonds is 1. The minimum absolute atomic E-state index is 0.805. The van der Waals surface area contributed by atoms with Crippen LogP contribution >= 0.6 is 0 Å². The minimum atomic E-state index is 0.805. The van der Waals surface area contributed by atoms with Gasteiger partial charge in [0, 0.05) is 24.7 Å². The number of nitrogens with zero attached hydrogens (tertiary/aromatic N) is 1. The van der Waals surface area contributed by atoms with E-state index in [2.05, 4.69) is 42.1 Å². The molecule has 0 unspecified atom stereocenters. The zero-order valence-corrected chi connectivity index (χ0v) is 11.8. The van der Waals surface area contributed by atoms with Gasteiger partial charge < -0.3 is 14.6 Å². The van der Waals surface area contributed by atoms with Gasteiger partial charge in [-0.3, -0.25) is 0 Å². The van der Waals surface area contributed by atoms with Crippen LogP contribution < -0.4 is 4.74 Å². The fourth-order valence-corrected chi connectivity index (χ4v) is 2.92. The summed E-state index contributed by atoms with van der Waals surface area (Å²) in [6, 6.07) is 4.26. The molecule has 0 saturated heterocycles. The fraction of sp³-hybridized carbons (Fsp3) is 0.500. The molecule has 1 aromatic heterocycles. The third-order valence-electron chi connectivity index (χ3n) is 4.11. The SMILES string of the molecule is CCN1CCCOc2ccc(C)c3[nH]cc(c23)CC1. The standard InChI is InChI=1S/C16H22N2O/c1-3-18-8-4-10-19-14-6-5-12(2)16-15(14)13(7-9-18)11-17-16/h5-6,11,17H,3-4,7-10H2,1-2H3. The third-order valence-corrected chi connectivity index (χ3v) is 4.11. The normalized spacial score (nSPS) is 17.4. The van der Waals surface area contributed by atoms with Crippen LogP contribution in [0, 0.1) is 6.92 Å². The number of aromatic nitrogens is 1. The summed E-state index contributed by atoms with van der Waals surface area (Å²) in [6.45, 7) is 8.57. The molecule has 2 heterocycles. The first-order valence-corrected chi connectivity index (χ1v) is 7.24. The quantitative estimate of drug-likeness (QED) is 0.851. The van der Waals surface area contributed by atoms with Gasteiger partial charge >= 0.3 is 0 Å². The van der Waals surface area contributed by atoms with E-state index < -0.39 is 0 Å². The van der Waals surface area contributed by atoms with Gasteiger partial charge in [-0.2, -0.15) is 0 Å². The Hall–Kier alpha value is -1.48. The molecule has 0 bridgehead atoms. The number of benzene rings is 1. The highest BCUT2D eigenvalue weighted by atomic mass is 16.5. The molecule has 102 valence electrons. The molecule has 1 aliphatic heterocycles. The molecule has 0 spiro atoms. The van der Waals surface area contributed by atoms with Gasteiger partial charge in [0.05, 0.1) is 12.1 Å². The Morgan fingerprint density at radius 1 is 1.32 bits per heavy atom. The number of ether oxygens (including phenoxy) is 1. The van der Waals surface area contributed by atoms with Gasteiger partial charge in [0.2, 0.25) is 0 Å². The lowest BCUT2D eigenvalue weighted by molar-refractivity contribution is 0.242. The molecular weight excluding hydrogens is 236 g/mol. The van der Waals surface area contributed by atoms with Gasteiger partial charge in [0.1, 0.15) is 5.75 Å². The van der Waals surface area contributed by atoms with E-state index in [0.29, 0.717) is 0 Å². The summed E-state index contributed by atoms with van der Waals surface area (Å²) >= 11 is 0. The van der Waals surface area contributed by atoms with Crippen molar-refractivity contribution in [2.75, 3.05) is 26.2 Å². The Morgan fingerprint density at radius 3 is 3.05 bits per heavy atom. The van der Waals surface area contributed by atoms with Crippen LogP contribution in [0.5, 0.6) is 5.75 Å². The van der Waals surface area contributed by atoms with E-state index >= 15 is 0 Å². The molecule has 1 aromatic carbocycles. The Bertz CT molecular complexity index is 573. The average molecular weight is 258 g/mol. The number of hydrogen-bond donors (Lipinski definition) is 1. The van der Waals surface area contributed by atoms with Crippen molar-refractivity contribution >= 4 is 10.9 Å². The van der Waals surface area contributed by atoms with Crippen molar-refractivity contribution in [1.82, 2.24) is 9.88 Å². The molecule has 0 amide bonds. The Balaban J connectivity index is 2.04. The lowest BCUT2D eigenvalue weighted by Crippen LogP contribution is -2.28. The number of likely N-dealkylation sites (N-methyl/N-ethyl adjacent to an activating group) is 1. The second kappa shape index (κ2) is 5.25. The molecule has 3 nitrogen and oxygen atoms in total. The minimum Gasteiger partial charge on any atom is -0.493 e. The highest BCUT2D eigenvalue weighted by Gasteiger charge is 2.14. The Kier molecular flexibility index (Phi) is 3.47. The van der Waals surface area contributed by atoms with E-state index in [9.17, 15) is 0 Å². The van der Waals surface area contributed by atoms with Crippen LogP contribution in [0.25, 0.3) is 10.9 Å². The van der Waals surface area contributed by atoms with Gasteiger partial charge in [-0.25, -0.2) is 0 Å². The van der Waals surface area contributed by atoms with Crippen LogP contribution in [0.1, 0.15) is 24.5 Å². The van der Waals surface area contributed by atoms with Crippen molar-refractivity contribution < 1.29 is 4.74 Å². The topological polar surface area (TPSA) is 28.3 Å². The molecule has 3 rings (SSSR count). The smallest absolute Gasteiger partial charge is 0.128 e. The highest BCUT2D eigenvalue weighted by Crippen LogP contribution is 2.32. The number of aromatic amines is 1. The summed E-state index contributed by atoms with van der Waals surface area (Å²) in [7, 11) is 0. The summed E-state index contributed by atoms with van der Waals surface area (Å²) in [5.74, 6) is 1.04. The maximum absolute atomic E-state index is 6.00. The van der Waals surface area contributed by atoms with Gasteiger partial charge in [-0.15, -0.1) is 0 Å². The molecule has 0 atom stereocenters. The maximum atomic E-state index is 6.00. The van der Waals surface area contributed by atoms with Crippen LogP contribution in [-0.4, -0.2) is 36.1 Å². The van der Waals surface area contributed by atoms with Crippen molar-refractivity contribution in [3.63, 3.8) is 0 Å². The zero-order chi connectivity index (χ0) is 13.2. The fourth-order valence-electron chi connectivity index (χ4n) is 2.92. The van der Waals surface area contributed by atoms with Gasteiger partial charge in [0.15, 0.2) is 0 Å². The molecule has 0 fully saturated rings. The molecule has 1 aliphatic rings. The number of aryl methyl sites for hydroxylation is 1. The first kappa shape index (κ1) is 12.5. The third kappa shape index (κ3) is 2.35. The molecule has 0 aliphatic carbocycles. The van der Waals surface area contributed by atoms with Crippen LogP contribution in [0.4, 0.5) is 0 Å². The maximum Gasteiger partial charge on any atom is 0.128 e. The second-order valence-electron chi connectivity index (χ2n) is 5.33. The first-order valence-electron chi connectivity index (χ1n) is 7.24. The van der Waals surface area contributed by atoms with E-state index in [1.54, 1.807) is 0 Å². The zero-order valence-electron chi connectivity index (χ0n) is 11.8. The number of hydrogen-bond acceptors (Lipinski definition) is 2. The largest absolute Gasteiger partial charge is 0.493 e. The molecule has 3 heteroatoms. The van der Waals surface area contributed by atoms with Gasteiger partial charge in [0.25, 0.3) is 0 Å². The van der Waals surface area contributed by atoms with Crippen molar-refractivity contribution in [1.29, 1.82) is 0 Å². The summed E-state index contributed by atoms with van der Waals surface area (Å²) in [6.07, 6.45) is 4.34. The molecule has 2 aromatic rings. The van der Waals surface area contributed by atoms with Gasteiger partial charge in [-0.1, -0.05) is 13.0 Å². The van der Waals surface area contributed by atoms with Crippen molar-refractivity contribution in [3.05, 3.63) is 29.5 Å². The summed E-state index contributed by atoms with van der Waals surface area (Å²) < 4.78 is 6.00. The van der Waals surface area contributed by atoms with E-state index in [4.69, 9.17) is 4.74 Å². The lowest BCUT2D eigenvalue weighted by atomic mass is 10.1. The van der Waals surface area contributed by atoms with E-state index in [0.717, 1.165) is 44.8 Å². The number of H-pyrrole nitrogens is 1. The summed E-state index contributed by atoms with van der Waals surface area (Å²) in [5.41, 5.74) is 3.91. The first-order chi connectivity index (χ1) is 9.29. The highest BCUT2D eigenvalue weighted by molar-refractivity contribution is 5.91. The van der Waals surface area contributed by atoms with Crippen molar-refractivity contribution in [2.45, 2.75) is 26.7 Å². The van der Waals surface area contributed by atoms with Crippen molar-refractivity contribution in [2.24, 2.45) is 0 Å². The van der Waals surface area contributed by atoms with Crippen LogP contribution in [0.2, 0.25) is 0 Å². The second-order valence-corrected chi connectivity index (χ2v) is 5.33. The average Bonchev–Trinajstić information content (AvgIpc) is 2.86. The molecule has 0 saturated carbocycles. The van der Waals surface area contributed by atoms with Crippen LogP contribution in [0.15, 0.2) is 18.3 Å². The summed E-state index contributed by atoms with van der Waals surface area (Å²) in [4.78, 5) is 5.92. The molecule has 1 N–H and O–H groups in total.